The molecule has 3 aromatic rings. The van der Waals surface area contributed by atoms with Crippen molar-refractivity contribution in [2.45, 2.75) is 12.8 Å². The van der Waals surface area contributed by atoms with Crippen LogP contribution >= 0.6 is 11.6 Å². The molecule has 0 atom stereocenters. The molecule has 0 saturated heterocycles. The highest BCUT2D eigenvalue weighted by Gasteiger charge is 2.14. The Labute approximate surface area is 173 Å². The minimum Gasteiger partial charge on any atom is -0.497 e. The molecule has 0 fully saturated rings. The second kappa shape index (κ2) is 9.34. The van der Waals surface area contributed by atoms with Gasteiger partial charge in [0.05, 0.1) is 38.8 Å². The quantitative estimate of drug-likeness (QED) is 0.578. The molecule has 3 rings (SSSR count). The van der Waals surface area contributed by atoms with Crippen molar-refractivity contribution in [3.05, 3.63) is 53.5 Å². The fraction of sp³-hybridized carbons (Fsp3) is 0.238. The number of aryl methyl sites for hydroxylation is 1. The first-order valence-electron chi connectivity index (χ1n) is 8.84. The highest BCUT2D eigenvalue weighted by atomic mass is 35.5. The normalized spacial score (nSPS) is 10.5. The second-order valence-corrected chi connectivity index (χ2v) is 6.51. The van der Waals surface area contributed by atoms with Gasteiger partial charge >= 0.3 is 0 Å². The lowest BCUT2D eigenvalue weighted by Gasteiger charge is -2.10. The standard InChI is InChI=1S/C21H21ClN2O5/c1-26-14-5-6-15(18(11-14)28-3)19-12-23-21(29-19)9-8-20(25)24-16-10-13(22)4-7-17(16)27-2/h4-7,10-12H,8-9H2,1-3H3,(H,24,25). The van der Waals surface area contributed by atoms with Gasteiger partial charge in [-0.3, -0.25) is 4.79 Å². The van der Waals surface area contributed by atoms with Crippen LogP contribution in [0.2, 0.25) is 5.02 Å². The molecule has 1 amide bonds. The Hall–Kier alpha value is -3.19. The molecule has 0 aliphatic heterocycles. The van der Waals surface area contributed by atoms with Gasteiger partial charge in [0.15, 0.2) is 11.7 Å². The number of nitrogens with one attached hydrogen (secondary N) is 1. The molecule has 29 heavy (non-hydrogen) atoms. The number of benzene rings is 2. The largest absolute Gasteiger partial charge is 0.497 e. The molecule has 7 nitrogen and oxygen atoms in total. The summed E-state index contributed by atoms with van der Waals surface area (Å²) in [6.45, 7) is 0. The number of hydrogen-bond acceptors (Lipinski definition) is 6. The lowest BCUT2D eigenvalue weighted by molar-refractivity contribution is -0.116. The van der Waals surface area contributed by atoms with Crippen LogP contribution in [0, 0.1) is 0 Å². The zero-order valence-electron chi connectivity index (χ0n) is 16.3. The summed E-state index contributed by atoms with van der Waals surface area (Å²) in [6.07, 6.45) is 2.14. The van der Waals surface area contributed by atoms with Crippen LogP contribution < -0.4 is 19.5 Å². The van der Waals surface area contributed by atoms with E-state index in [0.717, 1.165) is 5.56 Å². The van der Waals surface area contributed by atoms with Crippen LogP contribution in [-0.4, -0.2) is 32.2 Å². The zero-order chi connectivity index (χ0) is 20.8. The Morgan fingerprint density at radius 2 is 1.86 bits per heavy atom. The van der Waals surface area contributed by atoms with Crippen molar-refractivity contribution < 1.29 is 23.4 Å². The summed E-state index contributed by atoms with van der Waals surface area (Å²) in [4.78, 5) is 16.6. The highest BCUT2D eigenvalue weighted by Crippen LogP contribution is 2.34. The van der Waals surface area contributed by atoms with Crippen molar-refractivity contribution in [3.63, 3.8) is 0 Å². The van der Waals surface area contributed by atoms with Crippen LogP contribution in [0.15, 0.2) is 47.0 Å². The van der Waals surface area contributed by atoms with Crippen molar-refractivity contribution in [1.29, 1.82) is 0 Å². The first kappa shape index (κ1) is 20.5. The molecule has 2 aromatic carbocycles. The number of carbonyl (C=O) groups is 1. The maximum atomic E-state index is 12.3. The fourth-order valence-corrected chi connectivity index (χ4v) is 2.94. The third kappa shape index (κ3) is 5.00. The smallest absolute Gasteiger partial charge is 0.224 e. The van der Waals surface area contributed by atoms with Crippen LogP contribution in [0.5, 0.6) is 17.2 Å². The van der Waals surface area contributed by atoms with Crippen LogP contribution in [0.25, 0.3) is 11.3 Å². The first-order chi connectivity index (χ1) is 14.0. The molecule has 0 spiro atoms. The molecule has 1 heterocycles. The monoisotopic (exact) mass is 416 g/mol. The van der Waals surface area contributed by atoms with Gasteiger partial charge in [0.2, 0.25) is 5.91 Å². The minimum atomic E-state index is -0.202. The molecule has 0 aliphatic rings. The van der Waals surface area contributed by atoms with E-state index >= 15 is 0 Å². The van der Waals surface area contributed by atoms with Crippen LogP contribution in [0.3, 0.4) is 0 Å². The Kier molecular flexibility index (Phi) is 6.61. The summed E-state index contributed by atoms with van der Waals surface area (Å²) in [5.74, 6) is 2.62. The van der Waals surface area contributed by atoms with E-state index in [0.29, 0.717) is 46.0 Å². The predicted octanol–water partition coefficient (Wildman–Crippen LogP) is 4.59. The fourth-order valence-electron chi connectivity index (χ4n) is 2.76. The molecular formula is C21H21ClN2O5. The van der Waals surface area contributed by atoms with E-state index in [4.69, 9.17) is 30.2 Å². The van der Waals surface area contributed by atoms with E-state index in [-0.39, 0.29) is 12.3 Å². The molecule has 0 aliphatic carbocycles. The molecule has 0 saturated carbocycles. The summed E-state index contributed by atoms with van der Waals surface area (Å²) in [5, 5.41) is 3.30. The first-order valence-corrected chi connectivity index (χ1v) is 9.22. The number of methoxy groups -OCH3 is 3. The average Bonchev–Trinajstić information content (AvgIpc) is 3.20. The van der Waals surface area contributed by atoms with Crippen molar-refractivity contribution in [2.75, 3.05) is 26.6 Å². The summed E-state index contributed by atoms with van der Waals surface area (Å²) in [5.41, 5.74) is 1.27. The van der Waals surface area contributed by atoms with E-state index in [1.807, 2.05) is 12.1 Å². The molecule has 0 radical (unpaired) electrons. The maximum absolute atomic E-state index is 12.3. The number of halogens is 1. The van der Waals surface area contributed by atoms with Gasteiger partial charge in [0.25, 0.3) is 0 Å². The Bertz CT molecular complexity index is 1000. The van der Waals surface area contributed by atoms with Crippen molar-refractivity contribution in [1.82, 2.24) is 4.98 Å². The van der Waals surface area contributed by atoms with Gasteiger partial charge in [-0.1, -0.05) is 11.6 Å². The Morgan fingerprint density at radius 3 is 2.59 bits per heavy atom. The predicted molar refractivity (Wildman–Crippen MR) is 110 cm³/mol. The van der Waals surface area contributed by atoms with E-state index in [2.05, 4.69) is 10.3 Å². The van der Waals surface area contributed by atoms with Gasteiger partial charge in [-0.2, -0.15) is 0 Å². The van der Waals surface area contributed by atoms with E-state index < -0.39 is 0 Å². The summed E-state index contributed by atoms with van der Waals surface area (Å²) in [6, 6.07) is 10.4. The molecule has 0 bridgehead atoms. The van der Waals surface area contributed by atoms with E-state index in [1.165, 1.54) is 7.11 Å². The van der Waals surface area contributed by atoms with Gasteiger partial charge in [0.1, 0.15) is 17.2 Å². The molecule has 0 unspecified atom stereocenters. The summed E-state index contributed by atoms with van der Waals surface area (Å²) >= 11 is 5.98. The lowest BCUT2D eigenvalue weighted by atomic mass is 10.1. The van der Waals surface area contributed by atoms with Crippen LogP contribution in [0.4, 0.5) is 5.69 Å². The minimum absolute atomic E-state index is 0.190. The Morgan fingerprint density at radius 1 is 1.07 bits per heavy atom. The molecule has 8 heteroatoms. The second-order valence-electron chi connectivity index (χ2n) is 6.08. The zero-order valence-corrected chi connectivity index (χ0v) is 17.1. The number of ether oxygens (including phenoxy) is 3. The van der Waals surface area contributed by atoms with Crippen molar-refractivity contribution >= 4 is 23.2 Å². The van der Waals surface area contributed by atoms with Crippen LogP contribution in [-0.2, 0) is 11.2 Å². The summed E-state index contributed by atoms with van der Waals surface area (Å²) in [7, 11) is 4.69. The number of hydrogen-bond donors (Lipinski definition) is 1. The van der Waals surface area contributed by atoms with Gasteiger partial charge in [0, 0.05) is 23.9 Å². The average molecular weight is 417 g/mol. The lowest BCUT2D eigenvalue weighted by Crippen LogP contribution is -2.13. The SMILES string of the molecule is COc1ccc(-c2cnc(CCC(=O)Nc3cc(Cl)ccc3OC)o2)c(OC)c1. The van der Waals surface area contributed by atoms with Gasteiger partial charge in [-0.15, -0.1) is 0 Å². The number of nitrogens with zero attached hydrogens (tertiary/aromatic N) is 1. The van der Waals surface area contributed by atoms with Crippen molar-refractivity contribution in [2.24, 2.45) is 0 Å². The third-order valence-corrected chi connectivity index (χ3v) is 4.46. The molecule has 1 N–H and O–H groups in total. The van der Waals surface area contributed by atoms with E-state index in [9.17, 15) is 4.79 Å². The van der Waals surface area contributed by atoms with E-state index in [1.54, 1.807) is 44.7 Å². The van der Waals surface area contributed by atoms with Gasteiger partial charge in [-0.25, -0.2) is 4.98 Å². The number of amides is 1. The number of carbonyl (C=O) groups excluding carboxylic acids is 1. The van der Waals surface area contributed by atoms with Gasteiger partial charge < -0.3 is 23.9 Å². The number of rotatable bonds is 8. The highest BCUT2D eigenvalue weighted by molar-refractivity contribution is 6.31. The Balaban J connectivity index is 1.65. The maximum Gasteiger partial charge on any atom is 0.224 e. The topological polar surface area (TPSA) is 82.8 Å². The molecular weight excluding hydrogens is 396 g/mol. The van der Waals surface area contributed by atoms with Crippen molar-refractivity contribution in [3.8, 4) is 28.6 Å². The molecule has 152 valence electrons. The molecule has 1 aromatic heterocycles. The summed E-state index contributed by atoms with van der Waals surface area (Å²) < 4.78 is 21.6. The van der Waals surface area contributed by atoms with Crippen LogP contribution in [0.1, 0.15) is 12.3 Å². The number of oxazole rings is 1. The number of aromatic nitrogens is 1. The third-order valence-electron chi connectivity index (χ3n) is 4.23. The van der Waals surface area contributed by atoms with Gasteiger partial charge in [-0.05, 0) is 30.3 Å². The number of anilines is 1.